The second-order valence-corrected chi connectivity index (χ2v) is 8.74. The smallest absolute Gasteiger partial charge is 0.257 e. The van der Waals surface area contributed by atoms with Crippen LogP contribution in [0.1, 0.15) is 22.5 Å². The molecule has 1 amide bonds. The lowest BCUT2D eigenvalue weighted by atomic mass is 10.1. The Morgan fingerprint density at radius 2 is 2.06 bits per heavy atom. The minimum atomic E-state index is -0.517. The van der Waals surface area contributed by atoms with Crippen LogP contribution in [0.4, 0.5) is 15.8 Å². The summed E-state index contributed by atoms with van der Waals surface area (Å²) in [7, 11) is 5.66. The number of hydrogen-bond acceptors (Lipinski definition) is 7. The van der Waals surface area contributed by atoms with Gasteiger partial charge in [-0.1, -0.05) is 0 Å². The largest absolute Gasteiger partial charge is 0.480 e. The summed E-state index contributed by atoms with van der Waals surface area (Å²) in [6.45, 7) is 3.54. The van der Waals surface area contributed by atoms with E-state index in [9.17, 15) is 9.18 Å². The van der Waals surface area contributed by atoms with E-state index in [0.29, 0.717) is 39.9 Å². The molecule has 10 heteroatoms. The van der Waals surface area contributed by atoms with Crippen molar-refractivity contribution < 1.29 is 13.9 Å². The number of aromatic nitrogens is 4. The van der Waals surface area contributed by atoms with Crippen LogP contribution in [0, 0.1) is 12.7 Å². The number of imidazole rings is 1. The van der Waals surface area contributed by atoms with Crippen LogP contribution in [0.15, 0.2) is 36.8 Å². The Kier molecular flexibility index (Phi) is 5.52. The molecule has 1 aliphatic rings. The van der Waals surface area contributed by atoms with Gasteiger partial charge < -0.3 is 24.3 Å². The molecule has 1 aliphatic heterocycles. The van der Waals surface area contributed by atoms with Gasteiger partial charge in [-0.05, 0) is 39.6 Å². The number of ether oxygens (including phenoxy) is 1. The fourth-order valence-corrected chi connectivity index (χ4v) is 4.43. The van der Waals surface area contributed by atoms with Gasteiger partial charge in [-0.2, -0.15) is 0 Å². The maximum absolute atomic E-state index is 14.5. The number of anilines is 2. The molecule has 4 aromatic rings. The Bertz CT molecular complexity index is 1400. The van der Waals surface area contributed by atoms with Crippen LogP contribution in [0.25, 0.3) is 16.7 Å². The fourth-order valence-electron chi connectivity index (χ4n) is 4.43. The maximum atomic E-state index is 14.5. The molecule has 176 valence electrons. The van der Waals surface area contributed by atoms with Gasteiger partial charge in [0.05, 0.1) is 35.9 Å². The van der Waals surface area contributed by atoms with Gasteiger partial charge in [0.1, 0.15) is 11.0 Å². The Morgan fingerprint density at radius 3 is 2.79 bits per heavy atom. The van der Waals surface area contributed by atoms with Crippen LogP contribution in [-0.2, 0) is 0 Å². The molecular weight excluding hydrogens is 437 g/mol. The fraction of sp³-hybridized carbons (Fsp3) is 0.333. The van der Waals surface area contributed by atoms with Crippen LogP contribution < -0.4 is 15.0 Å². The molecule has 0 spiro atoms. The van der Waals surface area contributed by atoms with Crippen molar-refractivity contribution in [3.05, 3.63) is 53.9 Å². The van der Waals surface area contributed by atoms with Crippen LogP contribution in [0.2, 0.25) is 0 Å². The molecule has 34 heavy (non-hydrogen) atoms. The Labute approximate surface area is 196 Å². The predicted molar refractivity (Wildman–Crippen MR) is 128 cm³/mol. The van der Waals surface area contributed by atoms with E-state index in [1.54, 1.807) is 36.0 Å². The molecule has 0 saturated carbocycles. The van der Waals surface area contributed by atoms with Crippen molar-refractivity contribution in [1.29, 1.82) is 0 Å². The first-order valence-corrected chi connectivity index (χ1v) is 11.1. The molecular formula is C24H26FN7O2. The zero-order valence-corrected chi connectivity index (χ0v) is 19.5. The number of carbonyl (C=O) groups is 1. The van der Waals surface area contributed by atoms with E-state index in [0.717, 1.165) is 25.2 Å². The molecule has 0 radical (unpaired) electrons. The molecule has 1 fully saturated rings. The number of likely N-dealkylation sites (N-methyl/N-ethyl adjacent to an activating group) is 1. The highest BCUT2D eigenvalue weighted by Gasteiger charge is 2.27. The average Bonchev–Trinajstić information content (AvgIpc) is 3.45. The number of nitrogens with one attached hydrogen (secondary N) is 1. The first-order chi connectivity index (χ1) is 16.3. The van der Waals surface area contributed by atoms with Crippen LogP contribution in [0.3, 0.4) is 0 Å². The van der Waals surface area contributed by atoms with Gasteiger partial charge in [0.15, 0.2) is 11.5 Å². The Balaban J connectivity index is 1.52. The van der Waals surface area contributed by atoms with Gasteiger partial charge >= 0.3 is 0 Å². The number of hydrogen-bond donors (Lipinski definition) is 1. The standard InChI is InChI=1S/C24H26FN7O2/c1-14-11-32-12-15(9-18(25)23(32)27-14)28-24(33)17-5-6-19(31-8-7-16(13-31)30(2)3)22-21(17)29-20(34-4)10-26-22/h5-6,9-12,16H,7-8,13H2,1-4H3,(H,28,33)/t16-/m0/s1. The first kappa shape index (κ1) is 22.0. The van der Waals surface area contributed by atoms with Crippen molar-refractivity contribution in [3.8, 4) is 5.88 Å². The number of methoxy groups -OCH3 is 1. The zero-order valence-electron chi connectivity index (χ0n) is 19.5. The number of aryl methyl sites for hydroxylation is 1. The Morgan fingerprint density at radius 1 is 1.24 bits per heavy atom. The van der Waals surface area contributed by atoms with E-state index in [1.807, 2.05) is 6.07 Å². The quantitative estimate of drug-likeness (QED) is 0.487. The third kappa shape index (κ3) is 3.90. The average molecular weight is 464 g/mol. The van der Waals surface area contributed by atoms with Gasteiger partial charge in [0.25, 0.3) is 5.91 Å². The maximum Gasteiger partial charge on any atom is 0.257 e. The van der Waals surface area contributed by atoms with Crippen molar-refractivity contribution in [2.45, 2.75) is 19.4 Å². The third-order valence-corrected chi connectivity index (χ3v) is 6.23. The van der Waals surface area contributed by atoms with Crippen molar-refractivity contribution in [2.24, 2.45) is 0 Å². The number of pyridine rings is 1. The lowest BCUT2D eigenvalue weighted by Gasteiger charge is -2.23. The predicted octanol–water partition coefficient (Wildman–Crippen LogP) is 3.13. The molecule has 1 saturated heterocycles. The monoisotopic (exact) mass is 463 g/mol. The molecule has 9 nitrogen and oxygen atoms in total. The molecule has 1 N–H and O–H groups in total. The summed E-state index contributed by atoms with van der Waals surface area (Å²) in [6, 6.07) is 5.34. The number of benzene rings is 1. The van der Waals surface area contributed by atoms with Crippen molar-refractivity contribution in [2.75, 3.05) is 44.5 Å². The molecule has 1 aromatic carbocycles. The second kappa shape index (κ2) is 8.53. The third-order valence-electron chi connectivity index (χ3n) is 6.23. The van der Waals surface area contributed by atoms with Gasteiger partial charge in [0.2, 0.25) is 5.88 Å². The highest BCUT2D eigenvalue weighted by atomic mass is 19.1. The van der Waals surface area contributed by atoms with E-state index < -0.39 is 11.7 Å². The molecule has 0 bridgehead atoms. The van der Waals surface area contributed by atoms with Gasteiger partial charge in [0, 0.05) is 37.6 Å². The number of rotatable bonds is 5. The van der Waals surface area contributed by atoms with Gasteiger partial charge in [-0.15, -0.1) is 0 Å². The lowest BCUT2D eigenvalue weighted by Crippen LogP contribution is -2.31. The topological polar surface area (TPSA) is 87.9 Å². The number of carbonyl (C=O) groups excluding carboxylic acids is 1. The minimum Gasteiger partial charge on any atom is -0.480 e. The van der Waals surface area contributed by atoms with E-state index in [-0.39, 0.29) is 5.65 Å². The summed E-state index contributed by atoms with van der Waals surface area (Å²) in [5.41, 5.74) is 3.52. The molecule has 1 atom stereocenters. The highest BCUT2D eigenvalue weighted by molar-refractivity contribution is 6.13. The molecule has 4 heterocycles. The van der Waals surface area contributed by atoms with Gasteiger partial charge in [-0.3, -0.25) is 4.79 Å². The number of halogens is 1. The summed E-state index contributed by atoms with van der Waals surface area (Å²) >= 11 is 0. The SMILES string of the molecule is COc1cnc2c(N3CC[C@H](N(C)C)C3)ccc(C(=O)Nc3cc(F)c4nc(C)cn4c3)c2n1. The Hall–Kier alpha value is -3.79. The summed E-state index contributed by atoms with van der Waals surface area (Å²) < 4.78 is 21.3. The van der Waals surface area contributed by atoms with Crippen molar-refractivity contribution in [1.82, 2.24) is 24.3 Å². The lowest BCUT2D eigenvalue weighted by molar-refractivity contribution is 0.102. The normalized spacial score (nSPS) is 16.1. The van der Waals surface area contributed by atoms with E-state index in [1.165, 1.54) is 13.2 Å². The highest BCUT2D eigenvalue weighted by Crippen LogP contribution is 2.31. The molecule has 0 aliphatic carbocycles. The van der Waals surface area contributed by atoms with Crippen LogP contribution in [0.5, 0.6) is 5.88 Å². The molecule has 5 rings (SSSR count). The molecule has 3 aromatic heterocycles. The zero-order chi connectivity index (χ0) is 24.0. The summed E-state index contributed by atoms with van der Waals surface area (Å²) in [4.78, 5) is 31.0. The van der Waals surface area contributed by atoms with Crippen LogP contribution >= 0.6 is 0 Å². The number of nitrogens with zero attached hydrogens (tertiary/aromatic N) is 6. The van der Waals surface area contributed by atoms with E-state index in [4.69, 9.17) is 4.74 Å². The summed E-state index contributed by atoms with van der Waals surface area (Å²) in [6.07, 6.45) is 5.93. The van der Waals surface area contributed by atoms with Crippen LogP contribution in [-0.4, -0.2) is 70.5 Å². The first-order valence-electron chi connectivity index (χ1n) is 11.1. The van der Waals surface area contributed by atoms with Crippen molar-refractivity contribution in [3.63, 3.8) is 0 Å². The summed E-state index contributed by atoms with van der Waals surface area (Å²) in [5.74, 6) is -0.619. The van der Waals surface area contributed by atoms with Gasteiger partial charge in [-0.25, -0.2) is 19.3 Å². The summed E-state index contributed by atoms with van der Waals surface area (Å²) in [5, 5.41) is 2.78. The van der Waals surface area contributed by atoms with E-state index >= 15 is 0 Å². The minimum absolute atomic E-state index is 0.211. The van der Waals surface area contributed by atoms with E-state index in [2.05, 4.69) is 44.2 Å². The second-order valence-electron chi connectivity index (χ2n) is 8.74. The number of amides is 1. The van der Waals surface area contributed by atoms with Crippen molar-refractivity contribution >= 4 is 34.0 Å². The number of fused-ring (bicyclic) bond motifs is 2. The molecule has 0 unspecified atom stereocenters.